The van der Waals surface area contributed by atoms with Gasteiger partial charge in [0, 0.05) is 32.2 Å². The summed E-state index contributed by atoms with van der Waals surface area (Å²) in [6, 6.07) is 7.28. The number of methoxy groups -OCH3 is 1. The van der Waals surface area contributed by atoms with E-state index in [4.69, 9.17) is 9.47 Å². The molecule has 0 fully saturated rings. The highest BCUT2D eigenvalue weighted by Crippen LogP contribution is 2.17. The van der Waals surface area contributed by atoms with Crippen LogP contribution in [0.3, 0.4) is 0 Å². The Hall–Kier alpha value is -2.08. The Morgan fingerprint density at radius 1 is 1.08 bits per heavy atom. The molecule has 0 spiro atoms. The lowest BCUT2D eigenvalue weighted by Crippen LogP contribution is -2.29. The summed E-state index contributed by atoms with van der Waals surface area (Å²) in [4.78, 5) is 23.7. The van der Waals surface area contributed by atoms with Crippen molar-refractivity contribution in [2.45, 2.75) is 33.1 Å². The molecule has 1 rings (SSSR count). The van der Waals surface area contributed by atoms with Crippen LogP contribution in [-0.4, -0.2) is 38.7 Å². The van der Waals surface area contributed by atoms with E-state index in [1.807, 2.05) is 38.1 Å². The summed E-state index contributed by atoms with van der Waals surface area (Å²) in [5.41, 5.74) is 0.723. The van der Waals surface area contributed by atoms with Crippen LogP contribution in [0.5, 0.6) is 5.75 Å². The Kier molecular flexibility index (Phi) is 9.53. The SMILES string of the molecule is CCCOc1ccc(NC(=O)C[C@@H](C)CC(=O)NCCOC)cc1. The average Bonchev–Trinajstić information content (AvgIpc) is 2.54. The van der Waals surface area contributed by atoms with Gasteiger partial charge in [0.1, 0.15) is 5.75 Å². The van der Waals surface area contributed by atoms with E-state index in [1.54, 1.807) is 7.11 Å². The molecule has 1 aromatic rings. The first-order valence-electron chi connectivity index (χ1n) is 8.33. The molecular weight excluding hydrogens is 308 g/mol. The van der Waals surface area contributed by atoms with Crippen molar-refractivity contribution in [2.75, 3.05) is 32.2 Å². The Morgan fingerprint density at radius 2 is 1.75 bits per heavy atom. The van der Waals surface area contributed by atoms with Crippen LogP contribution in [0.4, 0.5) is 5.69 Å². The van der Waals surface area contributed by atoms with E-state index in [9.17, 15) is 9.59 Å². The van der Waals surface area contributed by atoms with Gasteiger partial charge in [-0.2, -0.15) is 0 Å². The van der Waals surface area contributed by atoms with Gasteiger partial charge in [-0.15, -0.1) is 0 Å². The quantitative estimate of drug-likeness (QED) is 0.609. The molecule has 0 aliphatic heterocycles. The maximum absolute atomic E-state index is 12.0. The molecule has 0 bridgehead atoms. The Balaban J connectivity index is 2.32. The van der Waals surface area contributed by atoms with Gasteiger partial charge in [-0.05, 0) is 36.6 Å². The number of anilines is 1. The molecule has 0 heterocycles. The lowest BCUT2D eigenvalue weighted by Gasteiger charge is -2.12. The maximum Gasteiger partial charge on any atom is 0.224 e. The highest BCUT2D eigenvalue weighted by molar-refractivity contribution is 5.91. The molecule has 134 valence electrons. The zero-order valence-corrected chi connectivity index (χ0v) is 14.8. The van der Waals surface area contributed by atoms with E-state index < -0.39 is 0 Å². The number of benzene rings is 1. The summed E-state index contributed by atoms with van der Waals surface area (Å²) < 4.78 is 10.4. The smallest absolute Gasteiger partial charge is 0.224 e. The molecule has 0 aliphatic rings. The summed E-state index contributed by atoms with van der Waals surface area (Å²) in [5, 5.41) is 5.59. The van der Waals surface area contributed by atoms with Gasteiger partial charge in [-0.1, -0.05) is 13.8 Å². The number of hydrogen-bond acceptors (Lipinski definition) is 4. The average molecular weight is 336 g/mol. The van der Waals surface area contributed by atoms with Crippen molar-refractivity contribution in [3.05, 3.63) is 24.3 Å². The van der Waals surface area contributed by atoms with Gasteiger partial charge >= 0.3 is 0 Å². The van der Waals surface area contributed by atoms with Crippen LogP contribution in [0.25, 0.3) is 0 Å². The number of nitrogens with one attached hydrogen (secondary N) is 2. The summed E-state index contributed by atoms with van der Waals surface area (Å²) in [6.07, 6.45) is 1.57. The highest BCUT2D eigenvalue weighted by Gasteiger charge is 2.13. The van der Waals surface area contributed by atoms with Crippen molar-refractivity contribution in [3.63, 3.8) is 0 Å². The summed E-state index contributed by atoms with van der Waals surface area (Å²) in [6.45, 7) is 5.58. The molecule has 0 aliphatic carbocycles. The molecule has 24 heavy (non-hydrogen) atoms. The van der Waals surface area contributed by atoms with E-state index in [1.165, 1.54) is 0 Å². The number of carbonyl (C=O) groups is 2. The Bertz CT molecular complexity index is 502. The van der Waals surface area contributed by atoms with Gasteiger partial charge < -0.3 is 20.1 Å². The van der Waals surface area contributed by atoms with E-state index in [-0.39, 0.29) is 17.7 Å². The Labute approximate surface area is 143 Å². The third-order valence-electron chi connectivity index (χ3n) is 3.31. The van der Waals surface area contributed by atoms with Crippen molar-refractivity contribution in [2.24, 2.45) is 5.92 Å². The third-order valence-corrected chi connectivity index (χ3v) is 3.31. The predicted octanol–water partition coefficient (Wildman–Crippen LogP) is 2.59. The molecule has 0 saturated carbocycles. The molecule has 6 nitrogen and oxygen atoms in total. The van der Waals surface area contributed by atoms with E-state index in [0.29, 0.717) is 32.6 Å². The van der Waals surface area contributed by atoms with Crippen molar-refractivity contribution < 1.29 is 19.1 Å². The van der Waals surface area contributed by atoms with Gasteiger partial charge in [0.15, 0.2) is 0 Å². The van der Waals surface area contributed by atoms with Crippen molar-refractivity contribution in [1.82, 2.24) is 5.32 Å². The Morgan fingerprint density at radius 3 is 2.38 bits per heavy atom. The molecule has 2 N–H and O–H groups in total. The number of rotatable bonds is 11. The van der Waals surface area contributed by atoms with Crippen LogP contribution in [0, 0.1) is 5.92 Å². The van der Waals surface area contributed by atoms with Gasteiger partial charge in [-0.25, -0.2) is 0 Å². The molecule has 2 amide bonds. The van der Waals surface area contributed by atoms with Crippen LogP contribution in [0.2, 0.25) is 0 Å². The molecule has 0 radical (unpaired) electrons. The molecular formula is C18H28N2O4. The standard InChI is InChI=1S/C18H28N2O4/c1-4-10-24-16-7-5-15(6-8-16)20-18(22)13-14(2)12-17(21)19-9-11-23-3/h5-8,14H,4,9-13H2,1-3H3,(H,19,21)(H,20,22)/t14-/m0/s1. The number of hydrogen-bond donors (Lipinski definition) is 2. The maximum atomic E-state index is 12.0. The second-order valence-corrected chi connectivity index (χ2v) is 5.78. The normalized spacial score (nSPS) is 11.6. The zero-order chi connectivity index (χ0) is 17.8. The number of amides is 2. The molecule has 0 aromatic heterocycles. The molecule has 1 atom stereocenters. The highest BCUT2D eigenvalue weighted by atomic mass is 16.5. The van der Waals surface area contributed by atoms with Gasteiger partial charge in [0.05, 0.1) is 13.2 Å². The predicted molar refractivity (Wildman–Crippen MR) is 94.1 cm³/mol. The second-order valence-electron chi connectivity index (χ2n) is 5.78. The molecule has 6 heteroatoms. The van der Waals surface area contributed by atoms with Crippen LogP contribution >= 0.6 is 0 Å². The first-order chi connectivity index (χ1) is 11.5. The topological polar surface area (TPSA) is 76.7 Å². The van der Waals surface area contributed by atoms with Crippen LogP contribution in [0.15, 0.2) is 24.3 Å². The molecule has 1 aromatic carbocycles. The molecule has 0 unspecified atom stereocenters. The third kappa shape index (κ3) is 8.53. The van der Waals surface area contributed by atoms with E-state index in [2.05, 4.69) is 10.6 Å². The van der Waals surface area contributed by atoms with Crippen LogP contribution in [-0.2, 0) is 14.3 Å². The largest absolute Gasteiger partial charge is 0.494 e. The fourth-order valence-electron chi connectivity index (χ4n) is 2.14. The summed E-state index contributed by atoms with van der Waals surface area (Å²) in [5.74, 6) is 0.592. The second kappa shape index (κ2) is 11.5. The first-order valence-corrected chi connectivity index (χ1v) is 8.33. The van der Waals surface area contributed by atoms with E-state index in [0.717, 1.165) is 17.9 Å². The number of carbonyl (C=O) groups excluding carboxylic acids is 2. The fraction of sp³-hybridized carbons (Fsp3) is 0.556. The molecule has 0 saturated heterocycles. The minimum Gasteiger partial charge on any atom is -0.494 e. The van der Waals surface area contributed by atoms with Gasteiger partial charge in [0.2, 0.25) is 11.8 Å². The lowest BCUT2D eigenvalue weighted by atomic mass is 10.0. The first kappa shape index (κ1) is 20.0. The monoisotopic (exact) mass is 336 g/mol. The summed E-state index contributed by atoms with van der Waals surface area (Å²) in [7, 11) is 1.58. The minimum atomic E-state index is -0.102. The fourth-order valence-corrected chi connectivity index (χ4v) is 2.14. The number of ether oxygens (including phenoxy) is 2. The van der Waals surface area contributed by atoms with Crippen molar-refractivity contribution >= 4 is 17.5 Å². The van der Waals surface area contributed by atoms with Crippen LogP contribution < -0.4 is 15.4 Å². The summed E-state index contributed by atoms with van der Waals surface area (Å²) >= 11 is 0. The zero-order valence-electron chi connectivity index (χ0n) is 14.8. The van der Waals surface area contributed by atoms with Gasteiger partial charge in [-0.3, -0.25) is 9.59 Å². The van der Waals surface area contributed by atoms with Gasteiger partial charge in [0.25, 0.3) is 0 Å². The van der Waals surface area contributed by atoms with E-state index >= 15 is 0 Å². The minimum absolute atomic E-state index is 0.0281. The van der Waals surface area contributed by atoms with Crippen LogP contribution in [0.1, 0.15) is 33.1 Å². The van der Waals surface area contributed by atoms with Crippen molar-refractivity contribution in [3.8, 4) is 5.75 Å². The van der Waals surface area contributed by atoms with Crippen molar-refractivity contribution in [1.29, 1.82) is 0 Å². The lowest BCUT2D eigenvalue weighted by molar-refractivity contribution is -0.122.